The summed E-state index contributed by atoms with van der Waals surface area (Å²) in [6.07, 6.45) is 4.31. The number of pyridine rings is 2. The van der Waals surface area contributed by atoms with Gasteiger partial charge in [0.25, 0.3) is 18.2 Å². The number of nitrogens with zero attached hydrogens (tertiary/aromatic N) is 4. The summed E-state index contributed by atoms with van der Waals surface area (Å²) in [5.74, 6) is -1.15. The Morgan fingerprint density at radius 2 is 1.87 bits per heavy atom. The smallest absolute Gasteiger partial charge is 0.272 e. The highest BCUT2D eigenvalue weighted by atomic mass is 19.3. The molecule has 6 rings (SSSR count). The zero-order valence-electron chi connectivity index (χ0n) is 19.9. The summed E-state index contributed by atoms with van der Waals surface area (Å²) in [4.78, 5) is 24.8. The van der Waals surface area contributed by atoms with Crippen LogP contribution < -0.4 is 20.5 Å². The number of alkyl halides is 2. The molecule has 2 fully saturated rings. The molecule has 10 nitrogen and oxygen atoms in total. The van der Waals surface area contributed by atoms with Gasteiger partial charge in [-0.1, -0.05) is 0 Å². The molecule has 0 radical (unpaired) electrons. The van der Waals surface area contributed by atoms with Crippen LogP contribution >= 0.6 is 0 Å². The number of nitrogens with one attached hydrogen (secondary N) is 1. The maximum absolute atomic E-state index is 13.6. The largest absolute Gasteiger partial charge is 0.486 e. The van der Waals surface area contributed by atoms with Gasteiger partial charge in [-0.3, -0.25) is 9.59 Å². The average molecular weight is 528 g/mol. The minimum absolute atomic E-state index is 0.00796. The van der Waals surface area contributed by atoms with Crippen molar-refractivity contribution >= 4 is 22.8 Å². The van der Waals surface area contributed by atoms with Gasteiger partial charge in [0.2, 0.25) is 5.88 Å². The van der Waals surface area contributed by atoms with Gasteiger partial charge in [-0.25, -0.2) is 22.2 Å². The van der Waals surface area contributed by atoms with Crippen LogP contribution in [0.2, 0.25) is 0 Å². The molecule has 0 saturated heterocycles. The third-order valence-corrected chi connectivity index (χ3v) is 7.21. The second-order valence-electron chi connectivity index (χ2n) is 9.90. The van der Waals surface area contributed by atoms with Gasteiger partial charge in [0.15, 0.2) is 0 Å². The summed E-state index contributed by atoms with van der Waals surface area (Å²) in [7, 11) is 0. The number of hydrogen-bond acceptors (Lipinski definition) is 6. The first-order chi connectivity index (χ1) is 18.2. The summed E-state index contributed by atoms with van der Waals surface area (Å²) in [6.45, 7) is -0.722. The molecule has 3 N–H and O–H groups in total. The Hall–Kier alpha value is -4.29. The third kappa shape index (κ3) is 4.27. The molecule has 198 valence electrons. The molecule has 2 aliphatic carbocycles. The van der Waals surface area contributed by atoms with Crippen molar-refractivity contribution in [1.29, 1.82) is 0 Å². The Kier molecular flexibility index (Phi) is 5.65. The third-order valence-electron chi connectivity index (χ3n) is 7.21. The van der Waals surface area contributed by atoms with Crippen LogP contribution in [0.1, 0.15) is 46.4 Å². The number of primary amides is 1. The molecule has 4 aromatic rings. The zero-order chi connectivity index (χ0) is 26.6. The monoisotopic (exact) mass is 528 g/mol. The fourth-order valence-corrected chi connectivity index (χ4v) is 5.53. The quantitative estimate of drug-likeness (QED) is 0.362. The van der Waals surface area contributed by atoms with Crippen LogP contribution in [-0.2, 0) is 0 Å². The van der Waals surface area contributed by atoms with Gasteiger partial charge < -0.3 is 20.5 Å². The van der Waals surface area contributed by atoms with Gasteiger partial charge in [0.05, 0.1) is 35.2 Å². The second kappa shape index (κ2) is 8.92. The molecule has 0 aromatic carbocycles. The topological polar surface area (TPSA) is 125 Å². The van der Waals surface area contributed by atoms with E-state index in [1.807, 2.05) is 0 Å². The van der Waals surface area contributed by atoms with Crippen molar-refractivity contribution in [2.45, 2.75) is 44.3 Å². The van der Waals surface area contributed by atoms with Crippen LogP contribution in [0.25, 0.3) is 11.0 Å². The van der Waals surface area contributed by atoms with Crippen molar-refractivity contribution in [3.05, 3.63) is 59.8 Å². The van der Waals surface area contributed by atoms with Crippen LogP contribution in [0.3, 0.4) is 0 Å². The Balaban J connectivity index is 1.04. The van der Waals surface area contributed by atoms with Crippen molar-refractivity contribution in [3.8, 4) is 11.6 Å². The Morgan fingerprint density at radius 1 is 1.11 bits per heavy atom. The first-order valence-electron chi connectivity index (χ1n) is 12.0. The highest BCUT2D eigenvalue weighted by Gasteiger charge is 2.54. The van der Waals surface area contributed by atoms with Gasteiger partial charge in [-0.15, -0.1) is 5.10 Å². The lowest BCUT2D eigenvalue weighted by Gasteiger charge is -2.57. The predicted octanol–water partition coefficient (Wildman–Crippen LogP) is 2.98. The molecule has 0 aliphatic heterocycles. The lowest BCUT2D eigenvalue weighted by molar-refractivity contribution is -0.0848. The molecule has 2 amide bonds. The van der Waals surface area contributed by atoms with Gasteiger partial charge in [0.1, 0.15) is 29.8 Å². The molecule has 4 heterocycles. The van der Waals surface area contributed by atoms with E-state index in [0.29, 0.717) is 16.6 Å². The highest BCUT2D eigenvalue weighted by molar-refractivity contribution is 6.02. The van der Waals surface area contributed by atoms with Gasteiger partial charge >= 0.3 is 0 Å². The molecule has 38 heavy (non-hydrogen) atoms. The number of carbonyl (C=O) groups excluding carboxylic acids is 2. The van der Waals surface area contributed by atoms with Crippen molar-refractivity contribution in [2.75, 3.05) is 6.61 Å². The van der Waals surface area contributed by atoms with Crippen molar-refractivity contribution in [1.82, 2.24) is 24.5 Å². The number of nitrogens with two attached hydrogens (primary N) is 1. The number of amides is 2. The van der Waals surface area contributed by atoms with E-state index >= 15 is 0 Å². The Labute approximate surface area is 213 Å². The first-order valence-corrected chi connectivity index (χ1v) is 12.0. The lowest BCUT2D eigenvalue weighted by atomic mass is 9.53. The molecule has 0 atom stereocenters. The number of ether oxygens (including phenoxy) is 2. The first kappa shape index (κ1) is 24.1. The van der Waals surface area contributed by atoms with E-state index in [2.05, 4.69) is 15.5 Å². The molecule has 2 aliphatic rings. The fourth-order valence-electron chi connectivity index (χ4n) is 5.53. The van der Waals surface area contributed by atoms with Crippen LogP contribution in [0.4, 0.5) is 13.2 Å². The number of rotatable bonds is 8. The minimum Gasteiger partial charge on any atom is -0.486 e. The Morgan fingerprint density at radius 3 is 2.61 bits per heavy atom. The SMILES string of the molecule is NC(=O)c1c(O[C@H]2CC3(C[C@H](NC(=O)c4cnn5cc(OCC(F)F)ccc45)C3)C2)nn2cc(F)ccc12. The number of halogens is 3. The standard InChI is InChI=1S/C25H23F3N6O4/c26-13-1-3-19-21(22(29)35)24(32-34(19)10-13)38-16-7-25(8-16)5-14(6-25)31-23(36)17-9-30-33-11-15(2-4-18(17)33)37-12-20(27)28/h1-4,9-11,14,16,20H,5-8,12H2,(H2,29,35)(H,31,36)/t14-,16-,25?. The fraction of sp³-hybridized carbons (Fsp3) is 0.360. The van der Waals surface area contributed by atoms with Crippen molar-refractivity contribution < 1.29 is 32.2 Å². The van der Waals surface area contributed by atoms with E-state index in [1.54, 1.807) is 6.07 Å². The number of fused-ring (bicyclic) bond motifs is 2. The summed E-state index contributed by atoms with van der Waals surface area (Å²) in [5.41, 5.74) is 6.96. The second-order valence-corrected chi connectivity index (χ2v) is 9.90. The van der Waals surface area contributed by atoms with E-state index in [1.165, 1.54) is 39.6 Å². The molecule has 1 spiro atoms. The maximum Gasteiger partial charge on any atom is 0.272 e. The van der Waals surface area contributed by atoms with E-state index < -0.39 is 24.8 Å². The molecule has 4 aromatic heterocycles. The van der Waals surface area contributed by atoms with Gasteiger partial charge in [-0.05, 0) is 55.4 Å². The van der Waals surface area contributed by atoms with E-state index in [9.17, 15) is 22.8 Å². The van der Waals surface area contributed by atoms with Crippen molar-refractivity contribution in [3.63, 3.8) is 0 Å². The summed E-state index contributed by atoms with van der Waals surface area (Å²) in [6, 6.07) is 5.77. The lowest BCUT2D eigenvalue weighted by Crippen LogP contribution is -2.58. The highest BCUT2D eigenvalue weighted by Crippen LogP contribution is 2.57. The minimum atomic E-state index is -2.59. The molecule has 0 unspecified atom stereocenters. The van der Waals surface area contributed by atoms with Crippen LogP contribution in [0.15, 0.2) is 42.9 Å². The summed E-state index contributed by atoms with van der Waals surface area (Å²) < 4.78 is 51.9. The zero-order valence-corrected chi connectivity index (χ0v) is 19.9. The van der Waals surface area contributed by atoms with Crippen molar-refractivity contribution in [2.24, 2.45) is 11.1 Å². The predicted molar refractivity (Wildman–Crippen MR) is 127 cm³/mol. The van der Waals surface area contributed by atoms with Gasteiger partial charge in [0, 0.05) is 6.04 Å². The van der Waals surface area contributed by atoms with E-state index in [0.717, 1.165) is 31.9 Å². The molecule has 2 saturated carbocycles. The number of aromatic nitrogens is 4. The van der Waals surface area contributed by atoms with Crippen LogP contribution in [0.5, 0.6) is 11.6 Å². The van der Waals surface area contributed by atoms with E-state index in [4.69, 9.17) is 15.2 Å². The summed E-state index contributed by atoms with van der Waals surface area (Å²) in [5, 5.41) is 11.3. The average Bonchev–Trinajstić information content (AvgIpc) is 3.40. The summed E-state index contributed by atoms with van der Waals surface area (Å²) >= 11 is 0. The molecular weight excluding hydrogens is 505 g/mol. The number of hydrogen-bond donors (Lipinski definition) is 2. The molecule has 13 heteroatoms. The van der Waals surface area contributed by atoms with Crippen LogP contribution in [-0.4, -0.2) is 56.2 Å². The normalized spacial score (nSPS) is 22.4. The number of carbonyl (C=O) groups is 2. The molecule has 0 bridgehead atoms. The van der Waals surface area contributed by atoms with Crippen LogP contribution in [0, 0.1) is 11.2 Å². The van der Waals surface area contributed by atoms with E-state index in [-0.39, 0.29) is 40.7 Å². The maximum atomic E-state index is 13.6. The van der Waals surface area contributed by atoms with Gasteiger partial charge in [-0.2, -0.15) is 5.10 Å². The Bertz CT molecular complexity index is 1550. The molecular formula is C25H23F3N6O4.